The van der Waals surface area contributed by atoms with E-state index in [0.717, 1.165) is 24.0 Å². The molecule has 0 aliphatic rings. The van der Waals surface area contributed by atoms with Gasteiger partial charge in [0, 0.05) is 13.1 Å². The maximum absolute atomic E-state index is 11.6. The van der Waals surface area contributed by atoms with Gasteiger partial charge in [-0.25, -0.2) is 4.79 Å². The molecule has 4 aromatic rings. The van der Waals surface area contributed by atoms with Gasteiger partial charge in [-0.15, -0.1) is 0 Å². The summed E-state index contributed by atoms with van der Waals surface area (Å²) in [6.07, 6.45) is 1.96. The maximum atomic E-state index is 11.6. The van der Waals surface area contributed by atoms with Gasteiger partial charge in [0.05, 0.1) is 25.4 Å². The zero-order valence-corrected chi connectivity index (χ0v) is 20.7. The number of hydrogen-bond acceptors (Lipinski definition) is 4. The minimum Gasteiger partial charge on any atom is -0.465 e. The molecule has 4 aromatic carbocycles. The summed E-state index contributed by atoms with van der Waals surface area (Å²) >= 11 is 0. The van der Waals surface area contributed by atoms with Gasteiger partial charge in [0.15, 0.2) is 0 Å². The Kier molecular flexibility index (Phi) is 9.43. The summed E-state index contributed by atoms with van der Waals surface area (Å²) in [7, 11) is 1.39. The molecule has 0 unspecified atom stereocenters. The van der Waals surface area contributed by atoms with E-state index in [1.807, 2.05) is 30.3 Å². The number of ether oxygens (including phenoxy) is 2. The molecule has 0 saturated carbocycles. The van der Waals surface area contributed by atoms with Crippen LogP contribution in [0.2, 0.25) is 0 Å². The van der Waals surface area contributed by atoms with Crippen LogP contribution in [0, 0.1) is 0 Å². The first-order chi connectivity index (χ1) is 17.7. The Morgan fingerprint density at radius 3 is 2.08 bits per heavy atom. The quantitative estimate of drug-likeness (QED) is 0.242. The van der Waals surface area contributed by atoms with Crippen molar-refractivity contribution in [1.29, 1.82) is 0 Å². The van der Waals surface area contributed by atoms with Crippen LogP contribution in [0.4, 0.5) is 0 Å². The largest absolute Gasteiger partial charge is 0.465 e. The van der Waals surface area contributed by atoms with E-state index in [9.17, 15) is 4.79 Å². The first kappa shape index (κ1) is 25.4. The lowest BCUT2D eigenvalue weighted by atomic mass is 10.0. The maximum Gasteiger partial charge on any atom is 0.337 e. The van der Waals surface area contributed by atoms with Gasteiger partial charge < -0.3 is 14.8 Å². The fourth-order valence-corrected chi connectivity index (χ4v) is 4.17. The average molecular weight is 480 g/mol. The molecule has 0 spiro atoms. The highest BCUT2D eigenvalue weighted by Crippen LogP contribution is 2.20. The predicted molar refractivity (Wildman–Crippen MR) is 144 cm³/mol. The molecule has 4 nitrogen and oxygen atoms in total. The van der Waals surface area contributed by atoms with Crippen molar-refractivity contribution in [3.63, 3.8) is 0 Å². The molecule has 0 aliphatic carbocycles. The van der Waals surface area contributed by atoms with E-state index in [-0.39, 0.29) is 12.1 Å². The summed E-state index contributed by atoms with van der Waals surface area (Å²) in [4.78, 5) is 11.6. The van der Waals surface area contributed by atoms with E-state index in [2.05, 4.69) is 72.0 Å². The van der Waals surface area contributed by atoms with Crippen molar-refractivity contribution in [3.05, 3.63) is 143 Å². The Labute approximate surface area is 213 Å². The van der Waals surface area contributed by atoms with E-state index in [4.69, 9.17) is 9.47 Å². The Morgan fingerprint density at radius 2 is 1.36 bits per heavy atom. The molecule has 0 aromatic heterocycles. The first-order valence-corrected chi connectivity index (χ1v) is 12.4. The van der Waals surface area contributed by atoms with Crippen LogP contribution in [0.1, 0.15) is 44.3 Å². The van der Waals surface area contributed by atoms with E-state index in [1.165, 1.54) is 23.8 Å². The third-order valence-electron chi connectivity index (χ3n) is 6.19. The van der Waals surface area contributed by atoms with Gasteiger partial charge in [-0.2, -0.15) is 0 Å². The van der Waals surface area contributed by atoms with Crippen LogP contribution in [0.15, 0.2) is 109 Å². The van der Waals surface area contributed by atoms with Gasteiger partial charge in [-0.1, -0.05) is 97.1 Å². The topological polar surface area (TPSA) is 47.6 Å². The van der Waals surface area contributed by atoms with Gasteiger partial charge in [-0.05, 0) is 52.8 Å². The van der Waals surface area contributed by atoms with Gasteiger partial charge in [0.25, 0.3) is 0 Å². The Hall–Kier alpha value is -3.73. The number of hydrogen-bond donors (Lipinski definition) is 1. The Bertz CT molecular complexity index is 1210. The zero-order chi connectivity index (χ0) is 25.0. The molecule has 0 aliphatic heterocycles. The molecular formula is C32H33NO3. The molecule has 36 heavy (non-hydrogen) atoms. The molecule has 1 atom stereocenters. The van der Waals surface area contributed by atoms with Gasteiger partial charge in [0.2, 0.25) is 0 Å². The average Bonchev–Trinajstić information content (AvgIpc) is 2.95. The zero-order valence-electron chi connectivity index (χ0n) is 20.7. The number of esters is 1. The van der Waals surface area contributed by atoms with E-state index < -0.39 is 0 Å². The number of aryl methyl sites for hydroxylation is 2. The molecule has 0 heterocycles. The summed E-state index contributed by atoms with van der Waals surface area (Å²) in [6.45, 7) is 1.91. The fourth-order valence-electron chi connectivity index (χ4n) is 4.17. The molecule has 4 heteroatoms. The molecule has 0 fully saturated rings. The van der Waals surface area contributed by atoms with Crippen LogP contribution >= 0.6 is 0 Å². The highest BCUT2D eigenvalue weighted by Gasteiger charge is 2.12. The van der Waals surface area contributed by atoms with Crippen LogP contribution in [0.25, 0.3) is 0 Å². The molecule has 0 saturated heterocycles. The third kappa shape index (κ3) is 7.64. The molecule has 1 N–H and O–H groups in total. The summed E-state index contributed by atoms with van der Waals surface area (Å²) in [5, 5.41) is 3.51. The number of carbonyl (C=O) groups is 1. The first-order valence-electron chi connectivity index (χ1n) is 12.4. The third-order valence-corrected chi connectivity index (χ3v) is 6.19. The lowest BCUT2D eigenvalue weighted by Gasteiger charge is -2.20. The summed E-state index contributed by atoms with van der Waals surface area (Å²) in [6, 6.07) is 37.1. The van der Waals surface area contributed by atoms with Crippen molar-refractivity contribution < 1.29 is 14.3 Å². The molecule has 0 radical (unpaired) electrons. The number of carbonyl (C=O) groups excluding carboxylic acids is 1. The van der Waals surface area contributed by atoms with Gasteiger partial charge in [-0.3, -0.25) is 0 Å². The smallest absolute Gasteiger partial charge is 0.337 e. The summed E-state index contributed by atoms with van der Waals surface area (Å²) in [5.74, 6) is -0.323. The number of rotatable bonds is 12. The lowest BCUT2D eigenvalue weighted by Crippen LogP contribution is -2.23. The summed E-state index contributed by atoms with van der Waals surface area (Å²) in [5.41, 5.74) is 6.66. The van der Waals surface area contributed by atoms with Crippen molar-refractivity contribution in [2.75, 3.05) is 13.7 Å². The molecule has 4 rings (SSSR count). The molecular weight excluding hydrogens is 446 g/mol. The number of nitrogens with one attached hydrogen (secondary N) is 1. The van der Waals surface area contributed by atoms with E-state index in [0.29, 0.717) is 25.3 Å². The standard InChI is InChI=1S/C32H33NO3/c1-35-32(34)30-19-17-27(18-20-30)22-33-23-31(29-13-6-3-7-14-29)36-24-28-12-8-11-26(21-28)16-15-25-9-4-2-5-10-25/h2-14,17-21,31,33H,15-16,22-24H2,1H3/t31-/m0/s1. The molecule has 184 valence electrons. The fraction of sp³-hybridized carbons (Fsp3) is 0.219. The van der Waals surface area contributed by atoms with Crippen molar-refractivity contribution >= 4 is 5.97 Å². The Morgan fingerprint density at radius 1 is 0.722 bits per heavy atom. The molecule has 0 bridgehead atoms. The normalized spacial score (nSPS) is 11.7. The van der Waals surface area contributed by atoms with Crippen molar-refractivity contribution in [2.24, 2.45) is 0 Å². The second kappa shape index (κ2) is 13.4. The van der Waals surface area contributed by atoms with Gasteiger partial charge in [0.1, 0.15) is 0 Å². The number of methoxy groups -OCH3 is 1. The van der Waals surface area contributed by atoms with Crippen LogP contribution in [0.3, 0.4) is 0 Å². The van der Waals surface area contributed by atoms with Crippen LogP contribution in [-0.4, -0.2) is 19.6 Å². The summed E-state index contributed by atoms with van der Waals surface area (Å²) < 4.78 is 11.2. The highest BCUT2D eigenvalue weighted by molar-refractivity contribution is 5.89. The Balaban J connectivity index is 1.33. The van der Waals surface area contributed by atoms with Crippen molar-refractivity contribution in [2.45, 2.75) is 32.1 Å². The minimum atomic E-state index is -0.323. The second-order valence-corrected chi connectivity index (χ2v) is 8.84. The van der Waals surface area contributed by atoms with Crippen LogP contribution < -0.4 is 5.32 Å². The highest BCUT2D eigenvalue weighted by atomic mass is 16.5. The van der Waals surface area contributed by atoms with E-state index in [1.54, 1.807) is 12.1 Å². The van der Waals surface area contributed by atoms with Crippen LogP contribution in [0.5, 0.6) is 0 Å². The van der Waals surface area contributed by atoms with Crippen molar-refractivity contribution in [3.8, 4) is 0 Å². The molecule has 0 amide bonds. The van der Waals surface area contributed by atoms with Crippen molar-refractivity contribution in [1.82, 2.24) is 5.32 Å². The monoisotopic (exact) mass is 479 g/mol. The predicted octanol–water partition coefficient (Wildman–Crippen LogP) is 6.31. The SMILES string of the molecule is COC(=O)c1ccc(CNC[C@H](OCc2cccc(CCc3ccccc3)c2)c2ccccc2)cc1. The van der Waals surface area contributed by atoms with E-state index >= 15 is 0 Å². The van der Waals surface area contributed by atoms with Gasteiger partial charge >= 0.3 is 5.97 Å². The van der Waals surface area contributed by atoms with Crippen LogP contribution in [-0.2, 0) is 35.5 Å². The lowest BCUT2D eigenvalue weighted by molar-refractivity contribution is 0.0395. The minimum absolute atomic E-state index is 0.0754. The number of benzene rings is 4. The second-order valence-electron chi connectivity index (χ2n) is 8.84.